The Hall–Kier alpha value is -0.220. The first-order chi connectivity index (χ1) is 5.52. The number of rotatable bonds is 3. The highest BCUT2D eigenvalue weighted by Gasteiger charge is 2.34. The van der Waals surface area contributed by atoms with Crippen LogP contribution in [0.3, 0.4) is 0 Å². The van der Waals surface area contributed by atoms with Crippen LogP contribution in [0.1, 0.15) is 19.8 Å². The molecule has 0 aromatic heterocycles. The lowest BCUT2D eigenvalue weighted by molar-refractivity contribution is -0.158. The average Bonchev–Trinajstić information content (AvgIpc) is 2.38. The third-order valence-electron chi connectivity index (χ3n) is 2.17. The molecule has 12 heavy (non-hydrogen) atoms. The Balaban J connectivity index is 2.42. The van der Waals surface area contributed by atoms with Gasteiger partial charge in [-0.1, -0.05) is 0 Å². The minimum atomic E-state index is -1.53. The van der Waals surface area contributed by atoms with Gasteiger partial charge in [0.05, 0.1) is 0 Å². The molecule has 1 saturated heterocycles. The summed E-state index contributed by atoms with van der Waals surface area (Å²) in [5.74, 6) is 1.35. The van der Waals surface area contributed by atoms with Crippen molar-refractivity contribution in [1.82, 2.24) is 0 Å². The van der Waals surface area contributed by atoms with Gasteiger partial charge in [-0.2, -0.15) is 11.8 Å². The van der Waals surface area contributed by atoms with Gasteiger partial charge in [0.15, 0.2) is 5.60 Å². The predicted molar refractivity (Wildman–Crippen MR) is 48.3 cm³/mol. The molecule has 0 aliphatic carbocycles. The molecule has 0 saturated carbocycles. The molecule has 2 unspecified atom stereocenters. The van der Waals surface area contributed by atoms with Crippen LogP contribution in [0.4, 0.5) is 0 Å². The predicted octanol–water partition coefficient (Wildman–Crippen LogP) is 0.965. The number of carbonyl (C=O) groups is 1. The number of aliphatic hydroxyl groups is 1. The summed E-state index contributed by atoms with van der Waals surface area (Å²) in [6.07, 6.45) is 1.42. The molecule has 0 radical (unpaired) electrons. The molecule has 2 N–H and O–H groups in total. The van der Waals surface area contributed by atoms with Crippen LogP contribution < -0.4 is 0 Å². The van der Waals surface area contributed by atoms with E-state index in [2.05, 4.69) is 0 Å². The van der Waals surface area contributed by atoms with Crippen LogP contribution in [0.5, 0.6) is 0 Å². The van der Waals surface area contributed by atoms with Crippen molar-refractivity contribution < 1.29 is 15.0 Å². The van der Waals surface area contributed by atoms with E-state index >= 15 is 0 Å². The van der Waals surface area contributed by atoms with Crippen molar-refractivity contribution in [2.75, 3.05) is 11.5 Å². The second-order valence-electron chi connectivity index (χ2n) is 3.51. The molecule has 2 atom stereocenters. The average molecular weight is 190 g/mol. The van der Waals surface area contributed by atoms with E-state index < -0.39 is 11.6 Å². The van der Waals surface area contributed by atoms with Crippen LogP contribution in [0.15, 0.2) is 0 Å². The molecule has 0 aromatic rings. The smallest absolute Gasteiger partial charge is 0.335 e. The summed E-state index contributed by atoms with van der Waals surface area (Å²) in [6.45, 7) is 1.37. The van der Waals surface area contributed by atoms with Gasteiger partial charge in [0.25, 0.3) is 0 Å². The second kappa shape index (κ2) is 3.66. The first-order valence-electron chi connectivity index (χ1n) is 4.06. The van der Waals surface area contributed by atoms with Crippen LogP contribution in [-0.2, 0) is 4.79 Å². The highest BCUT2D eigenvalue weighted by atomic mass is 32.2. The number of hydrogen-bond acceptors (Lipinski definition) is 3. The van der Waals surface area contributed by atoms with E-state index in [1.807, 2.05) is 11.8 Å². The van der Waals surface area contributed by atoms with Gasteiger partial charge in [0, 0.05) is 0 Å². The molecule has 3 nitrogen and oxygen atoms in total. The molecule has 1 fully saturated rings. The van der Waals surface area contributed by atoms with Gasteiger partial charge in [-0.25, -0.2) is 4.79 Å². The minimum absolute atomic E-state index is 0.376. The lowest BCUT2D eigenvalue weighted by Gasteiger charge is -2.21. The highest BCUT2D eigenvalue weighted by molar-refractivity contribution is 7.99. The third kappa shape index (κ3) is 2.38. The SMILES string of the molecule is CC(O)(CC1CCSC1)C(=O)O. The zero-order valence-corrected chi connectivity index (χ0v) is 7.93. The van der Waals surface area contributed by atoms with Gasteiger partial charge < -0.3 is 10.2 Å². The van der Waals surface area contributed by atoms with Crippen molar-refractivity contribution in [1.29, 1.82) is 0 Å². The third-order valence-corrected chi connectivity index (χ3v) is 3.40. The number of thioether (sulfide) groups is 1. The topological polar surface area (TPSA) is 57.5 Å². The number of carboxylic acids is 1. The molecule has 0 aromatic carbocycles. The highest BCUT2D eigenvalue weighted by Crippen LogP contribution is 2.30. The Morgan fingerprint density at radius 3 is 2.83 bits per heavy atom. The zero-order chi connectivity index (χ0) is 9.19. The molecule has 1 aliphatic rings. The van der Waals surface area contributed by atoms with E-state index in [1.54, 1.807) is 0 Å². The molecule has 70 valence electrons. The fourth-order valence-corrected chi connectivity index (χ4v) is 2.68. The molecule has 0 amide bonds. The van der Waals surface area contributed by atoms with Crippen molar-refractivity contribution in [3.05, 3.63) is 0 Å². The monoisotopic (exact) mass is 190 g/mol. The van der Waals surface area contributed by atoms with E-state index in [-0.39, 0.29) is 0 Å². The van der Waals surface area contributed by atoms with Gasteiger partial charge in [0.2, 0.25) is 0 Å². The van der Waals surface area contributed by atoms with Gasteiger partial charge in [-0.05, 0) is 37.2 Å². The molecular formula is C8H14O3S. The summed E-state index contributed by atoms with van der Waals surface area (Å²) in [4.78, 5) is 10.6. The summed E-state index contributed by atoms with van der Waals surface area (Å²) >= 11 is 1.83. The van der Waals surface area contributed by atoms with Crippen LogP contribution in [0, 0.1) is 5.92 Å². The first-order valence-corrected chi connectivity index (χ1v) is 5.21. The minimum Gasteiger partial charge on any atom is -0.479 e. The van der Waals surface area contributed by atoms with Crippen LogP contribution >= 0.6 is 11.8 Å². The fraction of sp³-hybridized carbons (Fsp3) is 0.875. The maximum Gasteiger partial charge on any atom is 0.335 e. The molecule has 1 heterocycles. The van der Waals surface area contributed by atoms with Gasteiger partial charge in [0.1, 0.15) is 0 Å². The van der Waals surface area contributed by atoms with Gasteiger partial charge >= 0.3 is 5.97 Å². The number of carboxylic acid groups (broad SMARTS) is 1. The second-order valence-corrected chi connectivity index (χ2v) is 4.66. The van der Waals surface area contributed by atoms with Crippen molar-refractivity contribution >= 4 is 17.7 Å². The quantitative estimate of drug-likeness (QED) is 0.696. The lowest BCUT2D eigenvalue weighted by Crippen LogP contribution is -2.37. The van der Waals surface area contributed by atoms with Crippen LogP contribution in [-0.4, -0.2) is 33.3 Å². The van der Waals surface area contributed by atoms with Crippen molar-refractivity contribution in [3.8, 4) is 0 Å². The lowest BCUT2D eigenvalue weighted by atomic mass is 9.92. The maximum absolute atomic E-state index is 10.6. The Labute approximate surface area is 76.2 Å². The molecule has 4 heteroatoms. The summed E-state index contributed by atoms with van der Waals surface area (Å²) in [7, 11) is 0. The van der Waals surface area contributed by atoms with Crippen LogP contribution in [0.2, 0.25) is 0 Å². The van der Waals surface area contributed by atoms with Crippen molar-refractivity contribution in [3.63, 3.8) is 0 Å². The van der Waals surface area contributed by atoms with Gasteiger partial charge in [-0.3, -0.25) is 0 Å². The number of hydrogen-bond donors (Lipinski definition) is 2. The Morgan fingerprint density at radius 2 is 2.42 bits per heavy atom. The van der Waals surface area contributed by atoms with E-state index in [0.717, 1.165) is 17.9 Å². The molecule has 1 aliphatic heterocycles. The summed E-state index contributed by atoms with van der Waals surface area (Å²) in [5, 5.41) is 18.1. The summed E-state index contributed by atoms with van der Waals surface area (Å²) in [6, 6.07) is 0. The van der Waals surface area contributed by atoms with Gasteiger partial charge in [-0.15, -0.1) is 0 Å². The van der Waals surface area contributed by atoms with Crippen LogP contribution in [0.25, 0.3) is 0 Å². The molecular weight excluding hydrogens is 176 g/mol. The zero-order valence-electron chi connectivity index (χ0n) is 7.12. The van der Waals surface area contributed by atoms with E-state index in [9.17, 15) is 9.90 Å². The largest absolute Gasteiger partial charge is 0.479 e. The molecule has 0 spiro atoms. The standard InChI is InChI=1S/C8H14O3S/c1-8(11,7(9)10)4-6-2-3-12-5-6/h6,11H,2-5H2,1H3,(H,9,10). The Morgan fingerprint density at radius 1 is 1.75 bits per heavy atom. The molecule has 0 bridgehead atoms. The van der Waals surface area contributed by atoms with Crippen molar-refractivity contribution in [2.45, 2.75) is 25.4 Å². The summed E-state index contributed by atoms with van der Waals surface area (Å²) in [5.41, 5.74) is -1.53. The number of aliphatic carboxylic acids is 1. The van der Waals surface area contributed by atoms with E-state index in [0.29, 0.717) is 12.3 Å². The normalized spacial score (nSPS) is 28.3. The Kier molecular flexibility index (Phi) is 3.01. The van der Waals surface area contributed by atoms with Crippen molar-refractivity contribution in [2.24, 2.45) is 5.92 Å². The maximum atomic E-state index is 10.6. The summed E-state index contributed by atoms with van der Waals surface area (Å²) < 4.78 is 0. The van der Waals surface area contributed by atoms with E-state index in [4.69, 9.17) is 5.11 Å². The Bertz CT molecular complexity index is 173. The van der Waals surface area contributed by atoms with E-state index in [1.165, 1.54) is 6.92 Å². The fourth-order valence-electron chi connectivity index (χ4n) is 1.39. The first kappa shape index (κ1) is 9.86. The molecule has 1 rings (SSSR count).